The summed E-state index contributed by atoms with van der Waals surface area (Å²) < 4.78 is 31.0. The molecule has 2 aromatic carbocycles. The fraction of sp³-hybridized carbons (Fsp3) is 0.650. The van der Waals surface area contributed by atoms with Gasteiger partial charge in [-0.3, -0.25) is 13.6 Å². The van der Waals surface area contributed by atoms with E-state index in [0.717, 1.165) is 36.8 Å². The lowest BCUT2D eigenvalue weighted by Gasteiger charge is -2.42. The van der Waals surface area contributed by atoms with Crippen molar-refractivity contribution in [1.82, 2.24) is 0 Å². The molecule has 1 aliphatic rings. The molecular formula is C40H63O4P. The lowest BCUT2D eigenvalue weighted by molar-refractivity contribution is 0.105. The Morgan fingerprint density at radius 2 is 1.20 bits per heavy atom. The molecule has 0 atom stereocenters. The Kier molecular flexibility index (Phi) is 15.6. The van der Waals surface area contributed by atoms with Crippen molar-refractivity contribution in [3.05, 3.63) is 70.3 Å². The molecule has 0 fully saturated rings. The minimum absolute atomic E-state index is 0.193. The van der Waals surface area contributed by atoms with Gasteiger partial charge in [-0.25, -0.2) is 4.57 Å². The van der Waals surface area contributed by atoms with Gasteiger partial charge in [-0.2, -0.15) is 0 Å². The molecular weight excluding hydrogens is 575 g/mol. The number of phosphoric ester groups is 1. The fourth-order valence-corrected chi connectivity index (χ4v) is 7.50. The number of allylic oxidation sites excluding steroid dienone is 1. The summed E-state index contributed by atoms with van der Waals surface area (Å²) in [6.07, 6.45) is 18.4. The van der Waals surface area contributed by atoms with Crippen molar-refractivity contribution in [2.45, 2.75) is 156 Å². The van der Waals surface area contributed by atoms with Gasteiger partial charge in [0.05, 0.1) is 19.8 Å². The molecule has 0 amide bonds. The zero-order valence-corrected chi connectivity index (χ0v) is 30.6. The van der Waals surface area contributed by atoms with Gasteiger partial charge in [0, 0.05) is 0 Å². The topological polar surface area (TPSA) is 44.8 Å². The van der Waals surface area contributed by atoms with E-state index in [1.807, 2.05) is 12.1 Å². The standard InChI is InChI=1S/C40H63O4P/c1-8-10-12-14-16-18-28-42-45(41,43-29-19-17-15-13-11-9-2)44-32-35-22-20-34(21-23-35)30-33(3)36-24-25-37-38(31-36)40(6,7)27-26-39(37,4)5/h20-25,30-31H,8-19,26-29,32H2,1-7H3/b33-30+. The Hall–Kier alpha value is -1.71. The average Bonchev–Trinajstić information content (AvgIpc) is 3.02. The largest absolute Gasteiger partial charge is 0.475 e. The van der Waals surface area contributed by atoms with Crippen LogP contribution in [-0.4, -0.2) is 13.2 Å². The number of hydrogen-bond acceptors (Lipinski definition) is 4. The summed E-state index contributed by atoms with van der Waals surface area (Å²) in [6.45, 7) is 17.1. The molecule has 4 nitrogen and oxygen atoms in total. The third-order valence-electron chi connectivity index (χ3n) is 9.55. The second kappa shape index (κ2) is 18.6. The van der Waals surface area contributed by atoms with Gasteiger partial charge in [-0.15, -0.1) is 0 Å². The Labute approximate surface area is 276 Å². The van der Waals surface area contributed by atoms with Gasteiger partial charge < -0.3 is 0 Å². The van der Waals surface area contributed by atoms with Crippen LogP contribution >= 0.6 is 7.82 Å². The Morgan fingerprint density at radius 3 is 1.76 bits per heavy atom. The summed E-state index contributed by atoms with van der Waals surface area (Å²) in [5, 5.41) is 0. The lowest BCUT2D eigenvalue weighted by atomic mass is 9.63. The highest BCUT2D eigenvalue weighted by Crippen LogP contribution is 2.50. The summed E-state index contributed by atoms with van der Waals surface area (Å²) in [7, 11) is -3.62. The number of phosphoric acid groups is 1. The molecule has 0 bridgehead atoms. The molecule has 5 heteroatoms. The predicted octanol–water partition coefficient (Wildman–Crippen LogP) is 13.0. The van der Waals surface area contributed by atoms with Gasteiger partial charge in [-0.05, 0) is 76.8 Å². The Balaban J connectivity index is 1.59. The van der Waals surface area contributed by atoms with E-state index in [1.165, 1.54) is 86.5 Å². The molecule has 0 aliphatic heterocycles. The minimum Gasteiger partial charge on any atom is -0.287 e. The van der Waals surface area contributed by atoms with Crippen molar-refractivity contribution in [3.63, 3.8) is 0 Å². The van der Waals surface area contributed by atoms with Crippen LogP contribution in [-0.2, 0) is 35.6 Å². The normalized spacial score (nSPS) is 16.1. The molecule has 0 saturated carbocycles. The van der Waals surface area contributed by atoms with E-state index in [2.05, 4.69) is 84.9 Å². The fourth-order valence-electron chi connectivity index (χ4n) is 6.26. The quantitative estimate of drug-likeness (QED) is 0.0775. The number of rotatable bonds is 21. The summed E-state index contributed by atoms with van der Waals surface area (Å²) >= 11 is 0. The van der Waals surface area contributed by atoms with Crippen molar-refractivity contribution in [2.24, 2.45) is 0 Å². The lowest BCUT2D eigenvalue weighted by Crippen LogP contribution is -2.33. The zero-order valence-electron chi connectivity index (χ0n) is 29.7. The number of unbranched alkanes of at least 4 members (excludes halogenated alkanes) is 10. The van der Waals surface area contributed by atoms with Crippen LogP contribution in [0, 0.1) is 0 Å². The van der Waals surface area contributed by atoms with E-state index >= 15 is 0 Å². The van der Waals surface area contributed by atoms with Crippen LogP contribution in [0.25, 0.3) is 11.6 Å². The summed E-state index contributed by atoms with van der Waals surface area (Å²) in [5.74, 6) is 0. The van der Waals surface area contributed by atoms with E-state index in [4.69, 9.17) is 13.6 Å². The Morgan fingerprint density at radius 1 is 0.689 bits per heavy atom. The van der Waals surface area contributed by atoms with Crippen LogP contribution in [0.3, 0.4) is 0 Å². The maximum absolute atomic E-state index is 13.5. The monoisotopic (exact) mass is 638 g/mol. The average molecular weight is 639 g/mol. The summed E-state index contributed by atoms with van der Waals surface area (Å²) in [5.41, 5.74) is 8.00. The highest BCUT2D eigenvalue weighted by molar-refractivity contribution is 7.48. The molecule has 252 valence electrons. The van der Waals surface area contributed by atoms with Gasteiger partial charge in [0.25, 0.3) is 0 Å². The summed E-state index contributed by atoms with van der Waals surface area (Å²) in [4.78, 5) is 0. The first-order chi connectivity index (χ1) is 21.5. The predicted molar refractivity (Wildman–Crippen MR) is 193 cm³/mol. The van der Waals surface area contributed by atoms with Crippen molar-refractivity contribution in [2.75, 3.05) is 13.2 Å². The molecule has 0 spiro atoms. The van der Waals surface area contributed by atoms with Crippen LogP contribution < -0.4 is 0 Å². The third kappa shape index (κ3) is 12.4. The van der Waals surface area contributed by atoms with Crippen LogP contribution in [0.2, 0.25) is 0 Å². The number of fused-ring (bicyclic) bond motifs is 1. The van der Waals surface area contributed by atoms with E-state index in [1.54, 1.807) is 0 Å². The molecule has 0 radical (unpaired) electrons. The molecule has 0 heterocycles. The van der Waals surface area contributed by atoms with Crippen molar-refractivity contribution < 1.29 is 18.1 Å². The third-order valence-corrected chi connectivity index (χ3v) is 11.0. The maximum Gasteiger partial charge on any atom is 0.475 e. The highest BCUT2D eigenvalue weighted by atomic mass is 31.2. The number of benzene rings is 2. The summed E-state index contributed by atoms with van der Waals surface area (Å²) in [6, 6.07) is 15.3. The Bertz CT molecular complexity index is 1210. The molecule has 0 unspecified atom stereocenters. The van der Waals surface area contributed by atoms with Gasteiger partial charge in [-0.1, -0.05) is 154 Å². The highest BCUT2D eigenvalue weighted by Gasteiger charge is 2.37. The first-order valence-corrected chi connectivity index (χ1v) is 19.4. The molecule has 0 aromatic heterocycles. The first-order valence-electron chi connectivity index (χ1n) is 18.0. The SMILES string of the molecule is CCCCCCCCOP(=O)(OCCCCCCCC)OCc1ccc(/C=C(\C)c2ccc3c(c2)C(C)(C)CCC3(C)C)cc1. The van der Waals surface area contributed by atoms with Crippen LogP contribution in [0.1, 0.15) is 166 Å². The minimum atomic E-state index is -3.62. The molecule has 0 saturated heterocycles. The molecule has 3 rings (SSSR count). The molecule has 0 N–H and O–H groups in total. The van der Waals surface area contributed by atoms with Crippen molar-refractivity contribution in [3.8, 4) is 0 Å². The number of hydrogen-bond donors (Lipinski definition) is 0. The van der Waals surface area contributed by atoms with Gasteiger partial charge in [0.2, 0.25) is 0 Å². The molecule has 2 aromatic rings. The maximum atomic E-state index is 13.5. The van der Waals surface area contributed by atoms with Crippen molar-refractivity contribution in [1.29, 1.82) is 0 Å². The van der Waals surface area contributed by atoms with Crippen LogP contribution in [0.4, 0.5) is 0 Å². The van der Waals surface area contributed by atoms with E-state index in [0.29, 0.717) is 13.2 Å². The molecule has 1 aliphatic carbocycles. The smallest absolute Gasteiger partial charge is 0.287 e. The van der Waals surface area contributed by atoms with Crippen molar-refractivity contribution >= 4 is 19.5 Å². The first kappa shape index (κ1) is 37.7. The second-order valence-corrected chi connectivity index (χ2v) is 16.2. The van der Waals surface area contributed by atoms with E-state index in [9.17, 15) is 4.57 Å². The van der Waals surface area contributed by atoms with Crippen LogP contribution in [0.15, 0.2) is 42.5 Å². The van der Waals surface area contributed by atoms with Gasteiger partial charge in [0.1, 0.15) is 0 Å². The van der Waals surface area contributed by atoms with Gasteiger partial charge >= 0.3 is 7.82 Å². The second-order valence-electron chi connectivity index (χ2n) is 14.5. The van der Waals surface area contributed by atoms with E-state index < -0.39 is 7.82 Å². The van der Waals surface area contributed by atoms with Gasteiger partial charge in [0.15, 0.2) is 0 Å². The van der Waals surface area contributed by atoms with Crippen LogP contribution in [0.5, 0.6) is 0 Å². The molecule has 45 heavy (non-hydrogen) atoms. The zero-order chi connectivity index (χ0) is 32.8. The van der Waals surface area contributed by atoms with E-state index in [-0.39, 0.29) is 17.4 Å².